The predicted octanol–water partition coefficient (Wildman–Crippen LogP) is 6.44. The van der Waals surface area contributed by atoms with Gasteiger partial charge >= 0.3 is 0 Å². The molecule has 3 heteroatoms. The number of anilines is 1. The van der Waals surface area contributed by atoms with Crippen LogP contribution in [0.2, 0.25) is 0 Å². The zero-order valence-electron chi connectivity index (χ0n) is 14.8. The van der Waals surface area contributed by atoms with Crippen LogP contribution in [0.15, 0.2) is 83.3 Å². The lowest BCUT2D eigenvalue weighted by Gasteiger charge is -2.20. The first-order chi connectivity index (χ1) is 12.7. The van der Waals surface area contributed by atoms with Crippen LogP contribution in [0.3, 0.4) is 0 Å². The summed E-state index contributed by atoms with van der Waals surface area (Å²) < 4.78 is 1.03. The first kappa shape index (κ1) is 18.4. The lowest BCUT2D eigenvalue weighted by Crippen LogP contribution is -2.15. The predicted molar refractivity (Wildman–Crippen MR) is 112 cm³/mol. The average molecular weight is 408 g/mol. The number of carbonyl (C=O) groups is 1. The van der Waals surface area contributed by atoms with Crippen LogP contribution >= 0.6 is 15.9 Å². The number of halogens is 1. The van der Waals surface area contributed by atoms with Gasteiger partial charge in [0, 0.05) is 22.1 Å². The van der Waals surface area contributed by atoms with E-state index in [2.05, 4.69) is 40.3 Å². The van der Waals surface area contributed by atoms with E-state index in [0.717, 1.165) is 27.7 Å². The standard InChI is InChI=1S/C23H22BrNO/c1-2-17-8-10-19(11-9-17)23(26)16-22(18-12-14-20(24)15-13-18)25-21-6-4-3-5-7-21/h3-15,22,25H,2,16H2,1H3. The van der Waals surface area contributed by atoms with E-state index in [-0.39, 0.29) is 11.8 Å². The van der Waals surface area contributed by atoms with Crippen molar-refractivity contribution in [2.75, 3.05) is 5.32 Å². The molecule has 0 saturated carbocycles. The van der Waals surface area contributed by atoms with Gasteiger partial charge in [0.1, 0.15) is 0 Å². The van der Waals surface area contributed by atoms with Crippen LogP contribution in [0.5, 0.6) is 0 Å². The minimum Gasteiger partial charge on any atom is -0.378 e. The van der Waals surface area contributed by atoms with Crippen LogP contribution in [0, 0.1) is 0 Å². The molecule has 1 N–H and O–H groups in total. The third-order valence-corrected chi connectivity index (χ3v) is 4.99. The van der Waals surface area contributed by atoms with E-state index in [0.29, 0.717) is 6.42 Å². The van der Waals surface area contributed by atoms with Crippen molar-refractivity contribution < 1.29 is 4.79 Å². The molecule has 0 fully saturated rings. The molecule has 1 unspecified atom stereocenters. The van der Waals surface area contributed by atoms with Crippen molar-refractivity contribution in [1.82, 2.24) is 0 Å². The highest BCUT2D eigenvalue weighted by molar-refractivity contribution is 9.10. The normalized spacial score (nSPS) is 11.8. The van der Waals surface area contributed by atoms with Gasteiger partial charge in [-0.15, -0.1) is 0 Å². The molecule has 0 radical (unpaired) electrons. The highest BCUT2D eigenvalue weighted by Crippen LogP contribution is 2.26. The topological polar surface area (TPSA) is 29.1 Å². The van der Waals surface area contributed by atoms with Crippen molar-refractivity contribution >= 4 is 27.4 Å². The number of carbonyl (C=O) groups excluding carboxylic acids is 1. The summed E-state index contributed by atoms with van der Waals surface area (Å²) in [6, 6.07) is 26.0. The maximum absolute atomic E-state index is 12.8. The first-order valence-corrected chi connectivity index (χ1v) is 9.64. The van der Waals surface area contributed by atoms with Crippen molar-refractivity contribution in [2.45, 2.75) is 25.8 Å². The van der Waals surface area contributed by atoms with E-state index < -0.39 is 0 Å². The fraction of sp³-hybridized carbons (Fsp3) is 0.174. The summed E-state index contributed by atoms with van der Waals surface area (Å²) in [5.74, 6) is 0.143. The summed E-state index contributed by atoms with van der Waals surface area (Å²) in [5, 5.41) is 3.50. The molecule has 0 aliphatic carbocycles. The highest BCUT2D eigenvalue weighted by atomic mass is 79.9. The molecular formula is C23H22BrNO. The van der Waals surface area contributed by atoms with E-state index in [4.69, 9.17) is 0 Å². The minimum atomic E-state index is -0.0798. The first-order valence-electron chi connectivity index (χ1n) is 8.85. The molecule has 26 heavy (non-hydrogen) atoms. The lowest BCUT2D eigenvalue weighted by atomic mass is 9.97. The van der Waals surface area contributed by atoms with Gasteiger partial charge in [-0.25, -0.2) is 0 Å². The van der Waals surface area contributed by atoms with Gasteiger partial charge in [0.15, 0.2) is 5.78 Å². The molecule has 3 aromatic rings. The van der Waals surface area contributed by atoms with Crippen molar-refractivity contribution in [2.24, 2.45) is 0 Å². The van der Waals surface area contributed by atoms with E-state index >= 15 is 0 Å². The molecule has 132 valence electrons. The molecule has 3 rings (SSSR count). The highest BCUT2D eigenvalue weighted by Gasteiger charge is 2.17. The number of rotatable bonds is 7. The molecule has 0 heterocycles. The van der Waals surface area contributed by atoms with E-state index in [1.807, 2.05) is 66.7 Å². The molecule has 3 aromatic carbocycles. The Kier molecular flexibility index (Phi) is 6.24. The van der Waals surface area contributed by atoms with E-state index in [9.17, 15) is 4.79 Å². The van der Waals surface area contributed by atoms with Crippen LogP contribution in [0.4, 0.5) is 5.69 Å². The van der Waals surface area contributed by atoms with Gasteiger partial charge in [0.2, 0.25) is 0 Å². The van der Waals surface area contributed by atoms with Crippen LogP contribution in [0.25, 0.3) is 0 Å². The number of para-hydroxylation sites is 1. The summed E-state index contributed by atoms with van der Waals surface area (Å²) in [7, 11) is 0. The zero-order chi connectivity index (χ0) is 18.4. The van der Waals surface area contributed by atoms with Crippen molar-refractivity contribution in [3.63, 3.8) is 0 Å². The Morgan fingerprint density at radius 3 is 2.19 bits per heavy atom. The van der Waals surface area contributed by atoms with Crippen LogP contribution in [-0.2, 0) is 6.42 Å². The van der Waals surface area contributed by atoms with Crippen molar-refractivity contribution in [1.29, 1.82) is 0 Å². The number of Topliss-reactive ketones (excluding diaryl/α,β-unsaturated/α-hetero) is 1. The van der Waals surface area contributed by atoms with Gasteiger partial charge in [-0.05, 0) is 41.8 Å². The van der Waals surface area contributed by atoms with Gasteiger partial charge < -0.3 is 5.32 Å². The number of nitrogens with one attached hydrogen (secondary N) is 1. The Morgan fingerprint density at radius 1 is 0.923 bits per heavy atom. The van der Waals surface area contributed by atoms with Crippen LogP contribution < -0.4 is 5.32 Å². The van der Waals surface area contributed by atoms with Gasteiger partial charge in [-0.3, -0.25) is 4.79 Å². The molecule has 0 spiro atoms. The Labute approximate surface area is 163 Å². The number of hydrogen-bond donors (Lipinski definition) is 1. The SMILES string of the molecule is CCc1ccc(C(=O)CC(Nc2ccccc2)c2ccc(Br)cc2)cc1. The molecule has 0 aliphatic rings. The smallest absolute Gasteiger partial charge is 0.165 e. The Balaban J connectivity index is 1.82. The van der Waals surface area contributed by atoms with E-state index in [1.54, 1.807) is 0 Å². The minimum absolute atomic E-state index is 0.0798. The maximum Gasteiger partial charge on any atom is 0.165 e. The number of hydrogen-bond acceptors (Lipinski definition) is 2. The van der Waals surface area contributed by atoms with Gasteiger partial charge in [0.05, 0.1) is 6.04 Å². The molecule has 0 bridgehead atoms. The lowest BCUT2D eigenvalue weighted by molar-refractivity contribution is 0.0976. The molecule has 2 nitrogen and oxygen atoms in total. The molecular weight excluding hydrogens is 386 g/mol. The molecule has 0 aliphatic heterocycles. The summed E-state index contributed by atoms with van der Waals surface area (Å²) in [4.78, 5) is 12.8. The average Bonchev–Trinajstić information content (AvgIpc) is 2.69. The quantitative estimate of drug-likeness (QED) is 0.456. The van der Waals surface area contributed by atoms with Gasteiger partial charge in [0.25, 0.3) is 0 Å². The number of ketones is 1. The largest absolute Gasteiger partial charge is 0.378 e. The summed E-state index contributed by atoms with van der Waals surface area (Å²) >= 11 is 3.48. The Bertz CT molecular complexity index is 842. The van der Waals surface area contributed by atoms with Crippen molar-refractivity contribution in [3.05, 3.63) is 100 Å². The fourth-order valence-electron chi connectivity index (χ4n) is 2.91. The van der Waals surface area contributed by atoms with Crippen LogP contribution in [0.1, 0.15) is 40.9 Å². The summed E-state index contributed by atoms with van der Waals surface area (Å²) in [6.07, 6.45) is 1.38. The van der Waals surface area contributed by atoms with Crippen molar-refractivity contribution in [3.8, 4) is 0 Å². The maximum atomic E-state index is 12.8. The third kappa shape index (κ3) is 4.83. The van der Waals surface area contributed by atoms with Gasteiger partial charge in [-0.1, -0.05) is 77.5 Å². The Hall–Kier alpha value is -2.39. The summed E-state index contributed by atoms with van der Waals surface area (Å²) in [5.41, 5.74) is 4.11. The van der Waals surface area contributed by atoms with Gasteiger partial charge in [-0.2, -0.15) is 0 Å². The van der Waals surface area contributed by atoms with Crippen LogP contribution in [-0.4, -0.2) is 5.78 Å². The number of benzene rings is 3. The number of aryl methyl sites for hydroxylation is 1. The molecule has 0 saturated heterocycles. The zero-order valence-corrected chi connectivity index (χ0v) is 16.4. The second-order valence-corrected chi connectivity index (χ2v) is 7.21. The second-order valence-electron chi connectivity index (χ2n) is 6.29. The monoisotopic (exact) mass is 407 g/mol. The van der Waals surface area contributed by atoms with E-state index in [1.165, 1.54) is 5.56 Å². The Morgan fingerprint density at radius 2 is 1.58 bits per heavy atom. The second kappa shape index (κ2) is 8.81. The fourth-order valence-corrected chi connectivity index (χ4v) is 3.18. The molecule has 1 atom stereocenters. The molecule has 0 amide bonds. The third-order valence-electron chi connectivity index (χ3n) is 4.46. The summed E-state index contributed by atoms with van der Waals surface area (Å²) in [6.45, 7) is 2.12. The molecule has 0 aromatic heterocycles.